The number of fused-ring (bicyclic) bond motifs is 3. The van der Waals surface area contributed by atoms with Crippen LogP contribution in [0.25, 0.3) is 32.3 Å². The highest BCUT2D eigenvalue weighted by Gasteiger charge is 2.30. The summed E-state index contributed by atoms with van der Waals surface area (Å²) < 4.78 is 187. The first-order valence-electron chi connectivity index (χ1n) is 21.6. The zero-order valence-corrected chi connectivity index (χ0v) is 47.0. The molecule has 30 nitrogen and oxygen atoms in total. The molecule has 38 heteroatoms. The van der Waals surface area contributed by atoms with Crippen LogP contribution in [0.5, 0.6) is 17.2 Å². The number of aromatic hydroxyl groups is 1. The molecule has 0 bridgehead atoms. The Morgan fingerprint density at radius 1 is 0.476 bits per heavy atom. The number of benzene rings is 8. The molecular weight excluding hydrogens is 1260 g/mol. The summed E-state index contributed by atoms with van der Waals surface area (Å²) in [4.78, 5) is -4.84. The second-order valence-corrected chi connectivity index (χ2v) is 25.9. The highest BCUT2D eigenvalue weighted by molar-refractivity contribution is 7.95. The predicted octanol–water partition coefficient (Wildman–Crippen LogP) is 10.4. The number of nitrogen functional groups attached to an aromatic ring is 1. The summed E-state index contributed by atoms with van der Waals surface area (Å²) in [6.45, 7) is 3.37. The number of hydrogen-bond donors (Lipinski definition) is 8. The van der Waals surface area contributed by atoms with Crippen molar-refractivity contribution in [3.05, 3.63) is 120 Å². The number of nitrogens with two attached hydrogens (primary N) is 1. The fraction of sp³-hybridized carbons (Fsp3) is 0.0455. The van der Waals surface area contributed by atoms with E-state index in [4.69, 9.17) is 28.9 Å². The maximum atomic E-state index is 13.5. The lowest BCUT2D eigenvalue weighted by molar-refractivity contribution is -0.432. The van der Waals surface area contributed by atoms with E-state index in [0.717, 1.165) is 35.9 Å². The van der Waals surface area contributed by atoms with Gasteiger partial charge in [0.25, 0.3) is 30.4 Å². The number of phenols is 1. The molecule has 0 aromatic heterocycles. The van der Waals surface area contributed by atoms with E-state index in [1.54, 1.807) is 13.8 Å². The molecule has 0 aliphatic heterocycles. The van der Waals surface area contributed by atoms with Gasteiger partial charge in [0.05, 0.1) is 61.9 Å². The third-order valence-corrected chi connectivity index (χ3v) is 18.2. The lowest BCUT2D eigenvalue weighted by atomic mass is 10.0. The van der Waals surface area contributed by atoms with Crippen LogP contribution < -0.4 is 14.1 Å². The Labute approximate surface area is 474 Å². The number of phenolic OH excluding ortho intramolecular Hbond substituents is 1. The summed E-state index contributed by atoms with van der Waals surface area (Å²) in [6, 6.07) is 20.0. The minimum Gasteiger partial charge on any atom is -0.505 e. The first-order chi connectivity index (χ1) is 38.6. The molecule has 0 spiro atoms. The van der Waals surface area contributed by atoms with Gasteiger partial charge in [-0.25, -0.2) is 15.8 Å². The number of aryl methyl sites for hydroxylation is 2. The van der Waals surface area contributed by atoms with Crippen molar-refractivity contribution in [1.29, 1.82) is 0 Å². The van der Waals surface area contributed by atoms with E-state index in [9.17, 15) is 66.1 Å². The van der Waals surface area contributed by atoms with Crippen LogP contribution in [0.4, 0.5) is 28.4 Å². The SMILES string of the molecule is Cc1ccc(S(=O)(=O)Oc2cc(SOOO)cc3c(SOOO)c(N=Nc4c(SOOO)cc5c(S(=O)(=O)O)cc(N=Nc6ccc7c(OS(=O)(=O)c8ccc(C)cc8)cc(S(=O)(=O)O)cc7c6S(=O)(=O)O)c(N)c5c4O)ccc23)cc1. The van der Waals surface area contributed by atoms with Gasteiger partial charge in [-0.1, -0.05) is 50.5 Å². The molecule has 0 heterocycles. The number of hydrogen-bond acceptors (Lipinski definition) is 30. The van der Waals surface area contributed by atoms with Crippen molar-refractivity contribution in [2.75, 3.05) is 5.73 Å². The largest absolute Gasteiger partial charge is 0.505 e. The van der Waals surface area contributed by atoms with E-state index in [-0.39, 0.29) is 61.0 Å². The van der Waals surface area contributed by atoms with Gasteiger partial charge in [-0.15, -0.1) is 33.5 Å². The molecule has 8 aromatic carbocycles. The molecule has 8 aromatic rings. The van der Waals surface area contributed by atoms with Crippen LogP contribution in [0.1, 0.15) is 11.1 Å². The number of anilines is 1. The highest BCUT2D eigenvalue weighted by Crippen LogP contribution is 2.51. The van der Waals surface area contributed by atoms with Gasteiger partial charge < -0.3 is 19.2 Å². The van der Waals surface area contributed by atoms with Crippen LogP contribution in [0.15, 0.2) is 169 Å². The standard InChI is InChI=1S/C44H33N5O25S8/c1-21-3-7-24(8-4-21)81(63,64)67-35-16-23(75-72-69-51)15-29-27(35)11-13-32(43(29)77-74-71-53)46-49-41-37(76-73-70-52)19-31-38(79(57,58)59)20-34(40(45)39(31)42(41)50)48-47-33-14-12-28-30(44(33)80(60,61)62)17-26(78(54,55)56)18-36(28)68-82(65,66)25-9-5-22(2)6-10-25/h3-20,50-53H,45H2,1-2H3,(H,54,55,56)(H,57,58,59)(H,60,61,62). The lowest BCUT2D eigenvalue weighted by Gasteiger charge is -2.15. The molecule has 0 saturated heterocycles. The van der Waals surface area contributed by atoms with E-state index >= 15 is 0 Å². The van der Waals surface area contributed by atoms with Crippen molar-refractivity contribution in [3.8, 4) is 17.2 Å². The third-order valence-electron chi connectivity index (χ3n) is 11.2. The molecule has 0 saturated carbocycles. The minimum absolute atomic E-state index is 0.00589. The zero-order valence-electron chi connectivity index (χ0n) is 40.5. The quantitative estimate of drug-likeness (QED) is 0.00594. The van der Waals surface area contributed by atoms with Gasteiger partial charge in [0.15, 0.2) is 17.2 Å². The molecule has 8 rings (SSSR count). The molecule has 82 heavy (non-hydrogen) atoms. The smallest absolute Gasteiger partial charge is 0.339 e. The van der Waals surface area contributed by atoms with Crippen LogP contribution in [0.2, 0.25) is 0 Å². The van der Waals surface area contributed by atoms with E-state index in [0.29, 0.717) is 35.8 Å². The highest BCUT2D eigenvalue weighted by atomic mass is 32.2. The molecule has 0 amide bonds. The minimum atomic E-state index is -5.61. The van der Waals surface area contributed by atoms with Gasteiger partial charge in [-0.2, -0.15) is 42.1 Å². The predicted molar refractivity (Wildman–Crippen MR) is 286 cm³/mol. The zero-order chi connectivity index (χ0) is 59.7. The summed E-state index contributed by atoms with van der Waals surface area (Å²) in [6.07, 6.45) is 0. The second-order valence-electron chi connectivity index (χ2n) is 16.4. The first-order valence-corrected chi connectivity index (χ1v) is 31.0. The van der Waals surface area contributed by atoms with Crippen LogP contribution >= 0.6 is 36.1 Å². The van der Waals surface area contributed by atoms with Crippen LogP contribution in [0.3, 0.4) is 0 Å². The lowest BCUT2D eigenvalue weighted by Crippen LogP contribution is -2.11. The Morgan fingerprint density at radius 2 is 0.988 bits per heavy atom. The van der Waals surface area contributed by atoms with Crippen molar-refractivity contribution >= 4 is 147 Å². The third kappa shape index (κ3) is 13.4. The Bertz CT molecular complexity index is 4520. The Hall–Kier alpha value is -6.74. The molecule has 0 aliphatic carbocycles. The van der Waals surface area contributed by atoms with Gasteiger partial charge >= 0.3 is 20.2 Å². The molecule has 9 N–H and O–H groups in total. The van der Waals surface area contributed by atoms with Crippen LogP contribution in [-0.4, -0.2) is 76.6 Å². The molecular formula is C44H33N5O25S8. The summed E-state index contributed by atoms with van der Waals surface area (Å²) in [5.74, 6) is -2.33. The second kappa shape index (κ2) is 24.2. The normalized spacial score (nSPS) is 12.8. The summed E-state index contributed by atoms with van der Waals surface area (Å²) in [7, 11) is -25.7. The molecule has 0 atom stereocenters. The molecule has 0 unspecified atom stereocenters. The van der Waals surface area contributed by atoms with Gasteiger partial charge in [0.1, 0.15) is 42.3 Å². The molecule has 0 fully saturated rings. The van der Waals surface area contributed by atoms with Crippen molar-refractivity contribution in [2.45, 2.75) is 53.0 Å². The molecule has 0 aliphatic rings. The monoisotopic (exact) mass is 1290 g/mol. The van der Waals surface area contributed by atoms with Crippen molar-refractivity contribution in [1.82, 2.24) is 0 Å². The van der Waals surface area contributed by atoms with Gasteiger partial charge in [-0.3, -0.25) is 13.7 Å². The van der Waals surface area contributed by atoms with Gasteiger partial charge in [-0.05, 0) is 92.7 Å². The van der Waals surface area contributed by atoms with E-state index in [1.807, 2.05) is 0 Å². The summed E-state index contributed by atoms with van der Waals surface area (Å²) in [5.41, 5.74) is 4.47. The molecule has 432 valence electrons. The van der Waals surface area contributed by atoms with E-state index in [1.165, 1.54) is 60.7 Å². The number of azo groups is 2. The maximum Gasteiger partial charge on any atom is 0.339 e. The van der Waals surface area contributed by atoms with Gasteiger partial charge in [0.2, 0.25) is 0 Å². The molecule has 0 radical (unpaired) electrons. The van der Waals surface area contributed by atoms with Crippen LogP contribution in [-0.2, 0) is 78.7 Å². The average molecular weight is 1290 g/mol. The van der Waals surface area contributed by atoms with E-state index in [2.05, 4.69) is 44.2 Å². The van der Waals surface area contributed by atoms with E-state index < -0.39 is 131 Å². The fourth-order valence-electron chi connectivity index (χ4n) is 7.60. The Balaban J connectivity index is 1.30. The van der Waals surface area contributed by atoms with Crippen molar-refractivity contribution < 1.29 is 113 Å². The summed E-state index contributed by atoms with van der Waals surface area (Å²) in [5, 5.41) is 63.6. The Kier molecular flexibility index (Phi) is 18.1. The van der Waals surface area contributed by atoms with Crippen molar-refractivity contribution in [3.63, 3.8) is 0 Å². The topological polar surface area (TPSA) is 462 Å². The van der Waals surface area contributed by atoms with Gasteiger partial charge in [0, 0.05) is 37.9 Å². The fourth-order valence-corrected chi connectivity index (χ4v) is 13.0. The maximum absolute atomic E-state index is 13.5. The summed E-state index contributed by atoms with van der Waals surface area (Å²) >= 11 is 0.672. The number of rotatable bonds is 22. The average Bonchev–Trinajstić information content (AvgIpc) is 3.40. The number of nitrogens with zero attached hydrogens (tertiary/aromatic N) is 4. The van der Waals surface area contributed by atoms with Crippen molar-refractivity contribution in [2.24, 2.45) is 20.5 Å². The Morgan fingerprint density at radius 3 is 1.54 bits per heavy atom. The first kappa shape index (κ1) is 61.3. The van der Waals surface area contributed by atoms with Crippen LogP contribution in [0, 0.1) is 13.8 Å².